The van der Waals surface area contributed by atoms with Gasteiger partial charge in [-0.2, -0.15) is 0 Å². The van der Waals surface area contributed by atoms with Crippen molar-refractivity contribution in [1.82, 2.24) is 0 Å². The summed E-state index contributed by atoms with van der Waals surface area (Å²) in [6.07, 6.45) is 3.41. The lowest BCUT2D eigenvalue weighted by Gasteiger charge is -2.12. The zero-order valence-corrected chi connectivity index (χ0v) is 13.1. The summed E-state index contributed by atoms with van der Waals surface area (Å²) in [6.45, 7) is 0. The highest BCUT2D eigenvalue weighted by Gasteiger charge is 2.56. The van der Waals surface area contributed by atoms with Gasteiger partial charge in [-0.1, -0.05) is 6.42 Å². The van der Waals surface area contributed by atoms with E-state index in [9.17, 15) is 13.2 Å². The Hall–Kier alpha value is -1.27. The summed E-state index contributed by atoms with van der Waals surface area (Å²) in [5.41, 5.74) is 0.342. The van der Waals surface area contributed by atoms with Crippen LogP contribution in [-0.2, 0) is 13.8 Å². The van der Waals surface area contributed by atoms with Crippen LogP contribution < -0.4 is 10.1 Å². The number of benzene rings is 1. The lowest BCUT2D eigenvalue weighted by molar-refractivity contribution is -0.118. The molecule has 21 heavy (non-hydrogen) atoms. The number of fused-ring (bicyclic) bond motifs is 1. The van der Waals surface area contributed by atoms with Crippen molar-refractivity contribution in [2.45, 2.75) is 24.2 Å². The lowest BCUT2D eigenvalue weighted by Crippen LogP contribution is -2.17. The van der Waals surface area contributed by atoms with E-state index >= 15 is 0 Å². The number of carbonyl (C=O) groups excluding carboxylic acids is 1. The Bertz CT molecular complexity index is 678. The highest BCUT2D eigenvalue weighted by atomic mass is 35.7. The smallest absolute Gasteiger partial charge is 0.261 e. The molecule has 2 unspecified atom stereocenters. The van der Waals surface area contributed by atoms with Crippen LogP contribution in [-0.4, -0.2) is 21.4 Å². The number of amides is 1. The molecule has 1 aromatic carbocycles. The van der Waals surface area contributed by atoms with Crippen molar-refractivity contribution >= 4 is 31.3 Å². The average molecular weight is 330 g/mol. The molecule has 2 fully saturated rings. The minimum Gasteiger partial charge on any atom is -0.495 e. The quantitative estimate of drug-likeness (QED) is 0.862. The largest absolute Gasteiger partial charge is 0.495 e. The zero-order chi connectivity index (χ0) is 15.2. The third-order valence-electron chi connectivity index (χ3n) is 4.42. The summed E-state index contributed by atoms with van der Waals surface area (Å²) in [6, 6.07) is 4.17. The minimum absolute atomic E-state index is 0.0553. The fourth-order valence-electron chi connectivity index (χ4n) is 3.36. The second-order valence-corrected chi connectivity index (χ2v) is 8.14. The normalized spacial score (nSPS) is 27.0. The summed E-state index contributed by atoms with van der Waals surface area (Å²) in [5.74, 6) is 1.40. The van der Waals surface area contributed by atoms with Gasteiger partial charge in [0.05, 0.1) is 17.7 Å². The molecule has 2 saturated carbocycles. The molecular weight excluding hydrogens is 314 g/mol. The Morgan fingerprint density at radius 3 is 2.57 bits per heavy atom. The second-order valence-electron chi connectivity index (χ2n) is 5.57. The van der Waals surface area contributed by atoms with E-state index < -0.39 is 9.05 Å². The highest BCUT2D eigenvalue weighted by molar-refractivity contribution is 8.13. The van der Waals surface area contributed by atoms with Crippen LogP contribution in [0.4, 0.5) is 5.69 Å². The maximum Gasteiger partial charge on any atom is 0.261 e. The highest BCUT2D eigenvalue weighted by Crippen LogP contribution is 2.57. The Morgan fingerprint density at radius 1 is 1.33 bits per heavy atom. The molecule has 0 saturated heterocycles. The van der Waals surface area contributed by atoms with Gasteiger partial charge in [0, 0.05) is 16.6 Å². The number of carbonyl (C=O) groups is 1. The Morgan fingerprint density at radius 2 is 2.00 bits per heavy atom. The number of methoxy groups -OCH3 is 1. The van der Waals surface area contributed by atoms with Gasteiger partial charge in [0.1, 0.15) is 5.75 Å². The van der Waals surface area contributed by atoms with E-state index in [4.69, 9.17) is 15.4 Å². The van der Waals surface area contributed by atoms with E-state index in [0.717, 1.165) is 12.8 Å². The van der Waals surface area contributed by atoms with Gasteiger partial charge in [-0.25, -0.2) is 8.42 Å². The number of hydrogen-bond acceptors (Lipinski definition) is 4. The zero-order valence-electron chi connectivity index (χ0n) is 11.5. The van der Waals surface area contributed by atoms with Gasteiger partial charge in [0.15, 0.2) is 0 Å². The minimum atomic E-state index is -3.84. The molecule has 7 heteroatoms. The monoisotopic (exact) mass is 329 g/mol. The molecule has 114 valence electrons. The SMILES string of the molecule is COc1ccc(S(=O)(=O)Cl)cc1NC(=O)C1C2CCCC21. The summed E-state index contributed by atoms with van der Waals surface area (Å²) in [4.78, 5) is 12.2. The molecule has 2 aliphatic carbocycles. The maximum atomic E-state index is 12.3. The third kappa shape index (κ3) is 2.74. The van der Waals surface area contributed by atoms with Crippen LogP contribution in [0.3, 0.4) is 0 Å². The van der Waals surface area contributed by atoms with E-state index in [1.807, 2.05) is 0 Å². The average Bonchev–Trinajstić information content (AvgIpc) is 2.91. The van der Waals surface area contributed by atoms with Gasteiger partial charge < -0.3 is 10.1 Å². The third-order valence-corrected chi connectivity index (χ3v) is 5.77. The topological polar surface area (TPSA) is 72.5 Å². The Kier molecular flexibility index (Phi) is 3.61. The molecule has 2 aliphatic rings. The first-order chi connectivity index (χ1) is 9.91. The van der Waals surface area contributed by atoms with Crippen LogP contribution in [0.5, 0.6) is 5.75 Å². The van der Waals surface area contributed by atoms with Gasteiger partial charge in [0.25, 0.3) is 9.05 Å². The van der Waals surface area contributed by atoms with Crippen LogP contribution in [0.25, 0.3) is 0 Å². The number of nitrogens with one attached hydrogen (secondary N) is 1. The molecule has 5 nitrogen and oxygen atoms in total. The van der Waals surface area contributed by atoms with Crippen LogP contribution >= 0.6 is 10.7 Å². The van der Waals surface area contributed by atoms with Gasteiger partial charge in [-0.15, -0.1) is 0 Å². The van der Waals surface area contributed by atoms with Gasteiger partial charge in [0.2, 0.25) is 5.91 Å². The van der Waals surface area contributed by atoms with Crippen molar-refractivity contribution in [2.75, 3.05) is 12.4 Å². The van der Waals surface area contributed by atoms with Gasteiger partial charge >= 0.3 is 0 Å². The fourth-order valence-corrected chi connectivity index (χ4v) is 4.14. The molecule has 1 amide bonds. The first-order valence-electron chi connectivity index (χ1n) is 6.85. The summed E-state index contributed by atoms with van der Waals surface area (Å²) < 4.78 is 27.9. The molecule has 3 rings (SSSR count). The van der Waals surface area contributed by atoms with E-state index in [2.05, 4.69) is 5.32 Å². The molecule has 0 spiro atoms. The molecule has 0 radical (unpaired) electrons. The van der Waals surface area contributed by atoms with Crippen LogP contribution in [0, 0.1) is 17.8 Å². The van der Waals surface area contributed by atoms with Crippen LogP contribution in [0.2, 0.25) is 0 Å². The molecular formula is C14H16ClNO4S. The number of ether oxygens (including phenoxy) is 1. The summed E-state index contributed by atoms with van der Waals surface area (Å²) in [7, 11) is 2.96. The molecule has 0 heterocycles. The van der Waals surface area contributed by atoms with Crippen LogP contribution in [0.1, 0.15) is 19.3 Å². The van der Waals surface area contributed by atoms with Crippen molar-refractivity contribution in [3.05, 3.63) is 18.2 Å². The number of hydrogen-bond donors (Lipinski definition) is 1. The molecule has 1 N–H and O–H groups in total. The van der Waals surface area contributed by atoms with Crippen molar-refractivity contribution in [2.24, 2.45) is 17.8 Å². The summed E-state index contributed by atoms with van der Waals surface area (Å²) >= 11 is 0. The second kappa shape index (κ2) is 5.18. The van der Waals surface area contributed by atoms with Crippen molar-refractivity contribution in [3.63, 3.8) is 0 Å². The van der Waals surface area contributed by atoms with E-state index in [1.165, 1.54) is 31.7 Å². The molecule has 1 aromatic rings. The molecule has 0 bridgehead atoms. The molecule has 2 atom stereocenters. The van der Waals surface area contributed by atoms with Crippen molar-refractivity contribution in [3.8, 4) is 5.75 Å². The Labute approximate surface area is 128 Å². The lowest BCUT2D eigenvalue weighted by atomic mass is 10.1. The first-order valence-corrected chi connectivity index (χ1v) is 9.16. The van der Waals surface area contributed by atoms with Crippen LogP contribution in [0.15, 0.2) is 23.1 Å². The van der Waals surface area contributed by atoms with E-state index in [1.54, 1.807) is 0 Å². The van der Waals surface area contributed by atoms with Gasteiger partial charge in [-0.3, -0.25) is 4.79 Å². The fraction of sp³-hybridized carbons (Fsp3) is 0.500. The van der Waals surface area contributed by atoms with Crippen molar-refractivity contribution in [1.29, 1.82) is 0 Å². The predicted molar refractivity (Wildman–Crippen MR) is 79.0 cm³/mol. The van der Waals surface area contributed by atoms with E-state index in [0.29, 0.717) is 23.3 Å². The standard InChI is InChI=1S/C14H16ClNO4S/c1-20-12-6-5-8(21(15,18)19)7-11(12)16-14(17)13-9-3-2-4-10(9)13/h5-7,9-10,13H,2-4H2,1H3,(H,16,17). The van der Waals surface area contributed by atoms with Crippen molar-refractivity contribution < 1.29 is 17.9 Å². The number of halogens is 1. The number of rotatable bonds is 4. The Balaban J connectivity index is 1.82. The molecule has 0 aliphatic heterocycles. The predicted octanol–water partition coefficient (Wildman–Crippen LogP) is 2.61. The maximum absolute atomic E-state index is 12.3. The van der Waals surface area contributed by atoms with Gasteiger partial charge in [-0.05, 0) is 42.9 Å². The first kappa shape index (κ1) is 14.7. The van der Waals surface area contributed by atoms with E-state index in [-0.39, 0.29) is 16.7 Å². The summed E-state index contributed by atoms with van der Waals surface area (Å²) in [5, 5.41) is 2.78. The number of anilines is 1. The molecule has 0 aromatic heterocycles.